The third-order valence-corrected chi connectivity index (χ3v) is 3.48. The standard InChI is InChI=1S/C18H21NO3/c1-13-6-5-7-15(10-13)18(20)19(2)12-14-8-9-16(21-3)17(11-14)22-4/h5-11H,12H2,1-4H3. The molecular weight excluding hydrogens is 278 g/mol. The second-order valence-corrected chi connectivity index (χ2v) is 5.22. The van der Waals surface area contributed by atoms with E-state index in [9.17, 15) is 4.79 Å². The number of carbonyl (C=O) groups is 1. The summed E-state index contributed by atoms with van der Waals surface area (Å²) in [5.74, 6) is 1.34. The number of ether oxygens (including phenoxy) is 2. The van der Waals surface area contributed by atoms with Crippen LogP contribution in [0.4, 0.5) is 0 Å². The SMILES string of the molecule is COc1ccc(CN(C)C(=O)c2cccc(C)c2)cc1OC. The molecule has 0 aliphatic rings. The van der Waals surface area contributed by atoms with E-state index in [-0.39, 0.29) is 5.91 Å². The number of amides is 1. The van der Waals surface area contributed by atoms with Crippen molar-refractivity contribution < 1.29 is 14.3 Å². The number of methoxy groups -OCH3 is 2. The van der Waals surface area contributed by atoms with Gasteiger partial charge in [0, 0.05) is 19.2 Å². The van der Waals surface area contributed by atoms with E-state index in [4.69, 9.17) is 9.47 Å². The highest BCUT2D eigenvalue weighted by atomic mass is 16.5. The Balaban J connectivity index is 2.14. The predicted octanol–water partition coefficient (Wildman–Crippen LogP) is 3.28. The molecule has 0 atom stereocenters. The van der Waals surface area contributed by atoms with Crippen molar-refractivity contribution in [3.05, 3.63) is 59.2 Å². The normalized spacial score (nSPS) is 10.2. The van der Waals surface area contributed by atoms with E-state index in [1.807, 2.05) is 49.4 Å². The lowest BCUT2D eigenvalue weighted by Gasteiger charge is -2.18. The van der Waals surface area contributed by atoms with E-state index in [0.29, 0.717) is 23.6 Å². The van der Waals surface area contributed by atoms with Gasteiger partial charge in [0.05, 0.1) is 14.2 Å². The van der Waals surface area contributed by atoms with Crippen LogP contribution < -0.4 is 9.47 Å². The molecule has 4 nitrogen and oxygen atoms in total. The minimum Gasteiger partial charge on any atom is -0.493 e. The molecule has 0 unspecified atom stereocenters. The van der Waals surface area contributed by atoms with Gasteiger partial charge in [-0.25, -0.2) is 0 Å². The van der Waals surface area contributed by atoms with Crippen LogP contribution in [-0.2, 0) is 6.54 Å². The molecule has 0 aliphatic carbocycles. The van der Waals surface area contributed by atoms with Crippen molar-refractivity contribution in [1.29, 1.82) is 0 Å². The first-order chi connectivity index (χ1) is 10.5. The summed E-state index contributed by atoms with van der Waals surface area (Å²) in [6.07, 6.45) is 0. The van der Waals surface area contributed by atoms with Crippen LogP contribution in [-0.4, -0.2) is 32.1 Å². The summed E-state index contributed by atoms with van der Waals surface area (Å²) in [7, 11) is 5.00. The summed E-state index contributed by atoms with van der Waals surface area (Å²) >= 11 is 0. The topological polar surface area (TPSA) is 38.8 Å². The largest absolute Gasteiger partial charge is 0.493 e. The van der Waals surface area contributed by atoms with Crippen molar-refractivity contribution in [1.82, 2.24) is 4.90 Å². The Morgan fingerprint density at radius 1 is 1.05 bits per heavy atom. The zero-order valence-corrected chi connectivity index (χ0v) is 13.4. The first-order valence-electron chi connectivity index (χ1n) is 7.08. The first-order valence-corrected chi connectivity index (χ1v) is 7.08. The van der Waals surface area contributed by atoms with E-state index in [1.54, 1.807) is 26.2 Å². The fourth-order valence-electron chi connectivity index (χ4n) is 2.32. The summed E-state index contributed by atoms with van der Waals surface area (Å²) in [5.41, 5.74) is 2.76. The van der Waals surface area contributed by atoms with Crippen LogP contribution in [0.1, 0.15) is 21.5 Å². The van der Waals surface area contributed by atoms with Gasteiger partial charge in [-0.2, -0.15) is 0 Å². The van der Waals surface area contributed by atoms with Gasteiger partial charge in [-0.05, 0) is 36.8 Å². The van der Waals surface area contributed by atoms with E-state index in [1.165, 1.54) is 0 Å². The second kappa shape index (κ2) is 6.98. The average molecular weight is 299 g/mol. The van der Waals surface area contributed by atoms with Crippen LogP contribution in [0.5, 0.6) is 11.5 Å². The number of nitrogens with zero attached hydrogens (tertiary/aromatic N) is 1. The zero-order valence-electron chi connectivity index (χ0n) is 13.4. The Morgan fingerprint density at radius 2 is 1.77 bits per heavy atom. The number of benzene rings is 2. The van der Waals surface area contributed by atoms with Crippen LogP contribution in [0.25, 0.3) is 0 Å². The molecule has 2 rings (SSSR count). The quantitative estimate of drug-likeness (QED) is 0.850. The second-order valence-electron chi connectivity index (χ2n) is 5.22. The molecule has 0 N–H and O–H groups in total. The number of carbonyl (C=O) groups excluding carboxylic acids is 1. The van der Waals surface area contributed by atoms with Gasteiger partial charge in [-0.3, -0.25) is 4.79 Å². The smallest absolute Gasteiger partial charge is 0.253 e. The van der Waals surface area contributed by atoms with Gasteiger partial charge in [0.1, 0.15) is 0 Å². The first kappa shape index (κ1) is 15.9. The van der Waals surface area contributed by atoms with Gasteiger partial charge in [-0.1, -0.05) is 23.8 Å². The lowest BCUT2D eigenvalue weighted by molar-refractivity contribution is 0.0785. The molecule has 2 aromatic rings. The van der Waals surface area contributed by atoms with Crippen molar-refractivity contribution in [2.75, 3.05) is 21.3 Å². The van der Waals surface area contributed by atoms with E-state index < -0.39 is 0 Å². The van der Waals surface area contributed by atoms with Crippen molar-refractivity contribution >= 4 is 5.91 Å². The molecule has 0 heterocycles. The molecule has 116 valence electrons. The van der Waals surface area contributed by atoms with E-state index in [2.05, 4.69) is 0 Å². The van der Waals surface area contributed by atoms with Crippen LogP contribution >= 0.6 is 0 Å². The highest BCUT2D eigenvalue weighted by Gasteiger charge is 2.13. The minimum absolute atomic E-state index is 0.00140. The molecule has 2 aromatic carbocycles. The molecule has 0 saturated heterocycles. The van der Waals surface area contributed by atoms with Crippen molar-refractivity contribution in [3.8, 4) is 11.5 Å². The number of hydrogen-bond donors (Lipinski definition) is 0. The molecule has 0 aliphatic heterocycles. The Bertz CT molecular complexity index is 667. The van der Waals surface area contributed by atoms with Crippen molar-refractivity contribution in [2.24, 2.45) is 0 Å². The Hall–Kier alpha value is -2.49. The fourth-order valence-corrected chi connectivity index (χ4v) is 2.32. The summed E-state index contributed by atoms with van der Waals surface area (Å²) in [5, 5.41) is 0. The predicted molar refractivity (Wildman–Crippen MR) is 86.5 cm³/mol. The summed E-state index contributed by atoms with van der Waals surface area (Å²) in [6, 6.07) is 13.3. The highest BCUT2D eigenvalue weighted by molar-refractivity contribution is 5.94. The zero-order chi connectivity index (χ0) is 16.1. The Labute approximate surface area is 131 Å². The lowest BCUT2D eigenvalue weighted by Crippen LogP contribution is -2.26. The molecule has 0 spiro atoms. The summed E-state index contributed by atoms with van der Waals surface area (Å²) in [4.78, 5) is 14.1. The summed E-state index contributed by atoms with van der Waals surface area (Å²) < 4.78 is 10.5. The Kier molecular flexibility index (Phi) is 5.04. The van der Waals surface area contributed by atoms with Gasteiger partial charge in [0.2, 0.25) is 0 Å². The monoisotopic (exact) mass is 299 g/mol. The molecular formula is C18H21NO3. The van der Waals surface area contributed by atoms with Crippen molar-refractivity contribution in [2.45, 2.75) is 13.5 Å². The number of rotatable bonds is 5. The van der Waals surface area contributed by atoms with Crippen LogP contribution in [0.3, 0.4) is 0 Å². The highest BCUT2D eigenvalue weighted by Crippen LogP contribution is 2.28. The molecule has 0 bridgehead atoms. The van der Waals surface area contributed by atoms with Crippen molar-refractivity contribution in [3.63, 3.8) is 0 Å². The molecule has 22 heavy (non-hydrogen) atoms. The maximum atomic E-state index is 12.4. The fraction of sp³-hybridized carbons (Fsp3) is 0.278. The third kappa shape index (κ3) is 3.58. The molecule has 1 amide bonds. The number of aryl methyl sites for hydroxylation is 1. The maximum absolute atomic E-state index is 12.4. The van der Waals surface area contributed by atoms with Gasteiger partial charge in [0.25, 0.3) is 5.91 Å². The molecule has 0 saturated carbocycles. The van der Waals surface area contributed by atoms with Gasteiger partial charge >= 0.3 is 0 Å². The molecule has 0 aromatic heterocycles. The minimum atomic E-state index is -0.00140. The maximum Gasteiger partial charge on any atom is 0.253 e. The Morgan fingerprint density at radius 3 is 2.41 bits per heavy atom. The molecule has 4 heteroatoms. The number of hydrogen-bond acceptors (Lipinski definition) is 3. The third-order valence-electron chi connectivity index (χ3n) is 3.48. The van der Waals surface area contributed by atoms with Gasteiger partial charge in [-0.15, -0.1) is 0 Å². The van der Waals surface area contributed by atoms with E-state index in [0.717, 1.165) is 11.1 Å². The van der Waals surface area contributed by atoms with Crippen LogP contribution in [0.2, 0.25) is 0 Å². The van der Waals surface area contributed by atoms with Gasteiger partial charge < -0.3 is 14.4 Å². The average Bonchev–Trinajstić information content (AvgIpc) is 2.53. The lowest BCUT2D eigenvalue weighted by atomic mass is 10.1. The van der Waals surface area contributed by atoms with Crippen LogP contribution in [0.15, 0.2) is 42.5 Å². The van der Waals surface area contributed by atoms with E-state index >= 15 is 0 Å². The molecule has 0 radical (unpaired) electrons. The van der Waals surface area contributed by atoms with Crippen LogP contribution in [0, 0.1) is 6.92 Å². The summed E-state index contributed by atoms with van der Waals surface area (Å²) in [6.45, 7) is 2.48. The van der Waals surface area contributed by atoms with Gasteiger partial charge in [0.15, 0.2) is 11.5 Å². The molecule has 0 fully saturated rings.